The SMILES string of the molecule is COc1cccc(C(=O)OC(=O)c2cn[nH]c2)c1N. The normalized spacial score (nSPS) is 9.95. The van der Waals surface area contributed by atoms with Crippen LogP contribution < -0.4 is 10.5 Å². The number of carbonyl (C=O) groups excluding carboxylic acids is 2. The number of ether oxygens (including phenoxy) is 2. The molecular formula is C12H11N3O4. The van der Waals surface area contributed by atoms with E-state index in [0.717, 1.165) is 0 Å². The van der Waals surface area contributed by atoms with Gasteiger partial charge < -0.3 is 15.2 Å². The van der Waals surface area contributed by atoms with Gasteiger partial charge in [-0.25, -0.2) is 9.59 Å². The Kier molecular flexibility index (Phi) is 3.46. The van der Waals surface area contributed by atoms with Crippen molar-refractivity contribution in [1.29, 1.82) is 0 Å². The van der Waals surface area contributed by atoms with Crippen LogP contribution in [0.5, 0.6) is 5.75 Å². The molecule has 0 aliphatic rings. The van der Waals surface area contributed by atoms with E-state index < -0.39 is 11.9 Å². The number of para-hydroxylation sites is 1. The summed E-state index contributed by atoms with van der Waals surface area (Å²) in [5, 5.41) is 6.03. The van der Waals surface area contributed by atoms with Crippen molar-refractivity contribution in [3.63, 3.8) is 0 Å². The third kappa shape index (κ3) is 2.54. The number of esters is 2. The highest BCUT2D eigenvalue weighted by Crippen LogP contribution is 2.25. The van der Waals surface area contributed by atoms with E-state index >= 15 is 0 Å². The van der Waals surface area contributed by atoms with Gasteiger partial charge in [-0.2, -0.15) is 5.10 Å². The number of carbonyl (C=O) groups is 2. The number of hydrogen-bond acceptors (Lipinski definition) is 6. The minimum Gasteiger partial charge on any atom is -0.495 e. The Morgan fingerprint density at radius 3 is 2.74 bits per heavy atom. The van der Waals surface area contributed by atoms with Gasteiger partial charge in [0.25, 0.3) is 0 Å². The molecule has 98 valence electrons. The van der Waals surface area contributed by atoms with Crippen molar-refractivity contribution < 1.29 is 19.1 Å². The van der Waals surface area contributed by atoms with Crippen LogP contribution in [-0.2, 0) is 4.74 Å². The Morgan fingerprint density at radius 1 is 1.32 bits per heavy atom. The van der Waals surface area contributed by atoms with Gasteiger partial charge in [0.15, 0.2) is 0 Å². The van der Waals surface area contributed by atoms with E-state index in [1.165, 1.54) is 25.6 Å². The van der Waals surface area contributed by atoms with E-state index in [-0.39, 0.29) is 16.8 Å². The van der Waals surface area contributed by atoms with E-state index in [4.69, 9.17) is 10.5 Å². The Bertz CT molecular complexity index is 607. The molecule has 0 unspecified atom stereocenters. The molecule has 0 saturated heterocycles. The van der Waals surface area contributed by atoms with Crippen molar-refractivity contribution in [2.45, 2.75) is 0 Å². The molecular weight excluding hydrogens is 250 g/mol. The average Bonchev–Trinajstić information content (AvgIpc) is 2.92. The lowest BCUT2D eigenvalue weighted by atomic mass is 10.1. The first-order chi connectivity index (χ1) is 9.13. The molecule has 0 fully saturated rings. The zero-order valence-corrected chi connectivity index (χ0v) is 10.0. The zero-order chi connectivity index (χ0) is 13.8. The number of nitrogens with two attached hydrogens (primary N) is 1. The molecule has 0 bridgehead atoms. The summed E-state index contributed by atoms with van der Waals surface area (Å²) in [5.41, 5.74) is 6.07. The number of methoxy groups -OCH3 is 1. The summed E-state index contributed by atoms with van der Waals surface area (Å²) in [6, 6.07) is 4.63. The Morgan fingerprint density at radius 2 is 2.11 bits per heavy atom. The first-order valence-electron chi connectivity index (χ1n) is 5.31. The second-order valence-corrected chi connectivity index (χ2v) is 3.59. The van der Waals surface area contributed by atoms with Crippen molar-refractivity contribution in [1.82, 2.24) is 10.2 Å². The van der Waals surface area contributed by atoms with Gasteiger partial charge in [0.2, 0.25) is 0 Å². The number of aromatic nitrogens is 2. The molecule has 7 heteroatoms. The molecule has 1 aromatic carbocycles. The molecule has 1 heterocycles. The van der Waals surface area contributed by atoms with Gasteiger partial charge in [-0.1, -0.05) is 6.07 Å². The number of nitrogens with one attached hydrogen (secondary N) is 1. The summed E-state index contributed by atoms with van der Waals surface area (Å²) in [5.74, 6) is -1.31. The van der Waals surface area contributed by atoms with Crippen molar-refractivity contribution in [3.05, 3.63) is 41.7 Å². The molecule has 0 aliphatic heterocycles. The quantitative estimate of drug-likeness (QED) is 0.485. The minimum atomic E-state index is -0.845. The fourth-order valence-electron chi connectivity index (χ4n) is 1.46. The van der Waals surface area contributed by atoms with Crippen LogP contribution in [0.2, 0.25) is 0 Å². The van der Waals surface area contributed by atoms with Crippen LogP contribution in [0.3, 0.4) is 0 Å². The summed E-state index contributed by atoms with van der Waals surface area (Å²) in [7, 11) is 1.43. The van der Waals surface area contributed by atoms with Crippen molar-refractivity contribution in [2.24, 2.45) is 0 Å². The second kappa shape index (κ2) is 5.21. The zero-order valence-electron chi connectivity index (χ0n) is 10.0. The highest BCUT2D eigenvalue weighted by atomic mass is 16.6. The highest BCUT2D eigenvalue weighted by Gasteiger charge is 2.19. The van der Waals surface area contributed by atoms with Gasteiger partial charge in [-0.3, -0.25) is 5.10 Å². The number of nitrogen functional groups attached to an aromatic ring is 1. The van der Waals surface area contributed by atoms with Gasteiger partial charge in [-0.05, 0) is 12.1 Å². The molecule has 1 aromatic heterocycles. The molecule has 3 N–H and O–H groups in total. The van der Waals surface area contributed by atoms with Gasteiger partial charge in [0, 0.05) is 6.20 Å². The maximum atomic E-state index is 11.8. The number of rotatable bonds is 3. The Labute approximate surface area is 108 Å². The summed E-state index contributed by atoms with van der Waals surface area (Å²) in [6.45, 7) is 0. The van der Waals surface area contributed by atoms with Crippen LogP contribution >= 0.6 is 0 Å². The first kappa shape index (κ1) is 12.6. The maximum Gasteiger partial charge on any atom is 0.349 e. The number of aromatic amines is 1. The molecule has 0 spiro atoms. The summed E-state index contributed by atoms with van der Waals surface area (Å²) in [6.07, 6.45) is 2.58. The Hall–Kier alpha value is -2.83. The van der Waals surface area contributed by atoms with Crippen molar-refractivity contribution in [2.75, 3.05) is 12.8 Å². The van der Waals surface area contributed by atoms with Crippen LogP contribution in [0.15, 0.2) is 30.6 Å². The molecule has 0 amide bonds. The minimum absolute atomic E-state index is 0.0659. The van der Waals surface area contributed by atoms with Crippen molar-refractivity contribution in [3.8, 4) is 5.75 Å². The third-order valence-corrected chi connectivity index (χ3v) is 2.43. The third-order valence-electron chi connectivity index (χ3n) is 2.43. The predicted octanol–water partition coefficient (Wildman–Crippen LogP) is 0.998. The topological polar surface area (TPSA) is 107 Å². The first-order valence-corrected chi connectivity index (χ1v) is 5.31. The Balaban J connectivity index is 2.19. The number of nitrogens with zero attached hydrogens (tertiary/aromatic N) is 1. The van der Waals surface area contributed by atoms with Gasteiger partial charge in [0.1, 0.15) is 5.75 Å². The average molecular weight is 261 g/mol. The monoisotopic (exact) mass is 261 g/mol. The number of benzene rings is 1. The lowest BCUT2D eigenvalue weighted by Crippen LogP contribution is -2.14. The fraction of sp³-hybridized carbons (Fsp3) is 0.0833. The fourth-order valence-corrected chi connectivity index (χ4v) is 1.46. The second-order valence-electron chi connectivity index (χ2n) is 3.59. The van der Waals surface area contributed by atoms with E-state index in [1.807, 2.05) is 0 Å². The van der Waals surface area contributed by atoms with Gasteiger partial charge in [0.05, 0.1) is 30.1 Å². The molecule has 0 atom stereocenters. The van der Waals surface area contributed by atoms with Crippen LogP contribution in [0, 0.1) is 0 Å². The lowest BCUT2D eigenvalue weighted by Gasteiger charge is -2.08. The molecule has 0 aliphatic carbocycles. The van der Waals surface area contributed by atoms with E-state index in [9.17, 15) is 9.59 Å². The number of H-pyrrole nitrogens is 1. The van der Waals surface area contributed by atoms with Gasteiger partial charge >= 0.3 is 11.9 Å². The van der Waals surface area contributed by atoms with Crippen molar-refractivity contribution >= 4 is 17.6 Å². The van der Waals surface area contributed by atoms with Gasteiger partial charge in [-0.15, -0.1) is 0 Å². The molecule has 2 aromatic rings. The summed E-state index contributed by atoms with van der Waals surface area (Å²) >= 11 is 0. The van der Waals surface area contributed by atoms with Crippen LogP contribution in [-0.4, -0.2) is 29.2 Å². The maximum absolute atomic E-state index is 11.8. The number of hydrogen-bond donors (Lipinski definition) is 2. The molecule has 19 heavy (non-hydrogen) atoms. The summed E-state index contributed by atoms with van der Waals surface area (Å²) in [4.78, 5) is 23.4. The lowest BCUT2D eigenvalue weighted by molar-refractivity contribution is 0.0398. The van der Waals surface area contributed by atoms with Crippen LogP contribution in [0.1, 0.15) is 20.7 Å². The van der Waals surface area contributed by atoms with E-state index in [1.54, 1.807) is 12.1 Å². The molecule has 7 nitrogen and oxygen atoms in total. The molecule has 2 rings (SSSR count). The predicted molar refractivity (Wildman–Crippen MR) is 65.7 cm³/mol. The largest absolute Gasteiger partial charge is 0.495 e. The molecule has 0 radical (unpaired) electrons. The van der Waals surface area contributed by atoms with Crippen LogP contribution in [0.4, 0.5) is 5.69 Å². The van der Waals surface area contributed by atoms with E-state index in [0.29, 0.717) is 5.75 Å². The van der Waals surface area contributed by atoms with Crippen LogP contribution in [0.25, 0.3) is 0 Å². The van der Waals surface area contributed by atoms with E-state index in [2.05, 4.69) is 14.9 Å². The smallest absolute Gasteiger partial charge is 0.349 e. The number of anilines is 1. The highest BCUT2D eigenvalue weighted by molar-refractivity contribution is 6.05. The summed E-state index contributed by atoms with van der Waals surface area (Å²) < 4.78 is 9.67. The molecule has 0 saturated carbocycles. The standard InChI is InChI=1S/C12H11N3O4/c1-18-9-4-2-3-8(10(9)13)12(17)19-11(16)7-5-14-15-6-7/h2-6H,13H2,1H3,(H,14,15).